The molecular formula is C17H27FN2O. The standard InChI is InChI=1S/C17H27FN2O/c1-12(2)8-6-4-5-7-9-20-17(21)14-10-15(18)13(3)16(19)11-14/h10-12H,4-9,19H2,1-3H3,(H,20,21). The molecule has 1 amide bonds. The molecule has 3 nitrogen and oxygen atoms in total. The van der Waals surface area contributed by atoms with Gasteiger partial charge in [-0.1, -0.05) is 39.5 Å². The second kappa shape index (κ2) is 8.65. The predicted octanol–water partition coefficient (Wildman–Crippen LogP) is 4.05. The lowest BCUT2D eigenvalue weighted by molar-refractivity contribution is 0.0952. The summed E-state index contributed by atoms with van der Waals surface area (Å²) in [5.74, 6) is 0.0585. The van der Waals surface area contributed by atoms with E-state index in [0.29, 0.717) is 17.8 Å². The van der Waals surface area contributed by atoms with Crippen molar-refractivity contribution in [2.45, 2.75) is 52.9 Å². The molecule has 3 N–H and O–H groups in total. The smallest absolute Gasteiger partial charge is 0.251 e. The first-order valence-electron chi connectivity index (χ1n) is 7.75. The third kappa shape index (κ3) is 6.15. The van der Waals surface area contributed by atoms with Gasteiger partial charge in [0, 0.05) is 23.4 Å². The largest absolute Gasteiger partial charge is 0.398 e. The molecule has 0 atom stereocenters. The first-order valence-corrected chi connectivity index (χ1v) is 7.75. The van der Waals surface area contributed by atoms with Crippen LogP contribution in [0, 0.1) is 18.7 Å². The molecular weight excluding hydrogens is 267 g/mol. The van der Waals surface area contributed by atoms with E-state index < -0.39 is 5.82 Å². The molecule has 0 heterocycles. The van der Waals surface area contributed by atoms with Gasteiger partial charge in [0.1, 0.15) is 5.82 Å². The number of nitrogen functional groups attached to an aromatic ring is 1. The molecule has 118 valence electrons. The average molecular weight is 294 g/mol. The van der Waals surface area contributed by atoms with Crippen molar-refractivity contribution in [1.82, 2.24) is 5.32 Å². The number of anilines is 1. The van der Waals surface area contributed by atoms with Gasteiger partial charge in [-0.15, -0.1) is 0 Å². The molecule has 0 spiro atoms. The van der Waals surface area contributed by atoms with Crippen molar-refractivity contribution in [3.8, 4) is 0 Å². The summed E-state index contributed by atoms with van der Waals surface area (Å²) < 4.78 is 13.5. The highest BCUT2D eigenvalue weighted by atomic mass is 19.1. The Morgan fingerprint density at radius 2 is 1.90 bits per heavy atom. The maximum Gasteiger partial charge on any atom is 0.251 e. The van der Waals surface area contributed by atoms with Gasteiger partial charge >= 0.3 is 0 Å². The molecule has 0 bridgehead atoms. The van der Waals surface area contributed by atoms with Crippen molar-refractivity contribution >= 4 is 11.6 Å². The summed E-state index contributed by atoms with van der Waals surface area (Å²) in [5.41, 5.74) is 6.66. The molecule has 0 aromatic heterocycles. The Balaban J connectivity index is 2.28. The van der Waals surface area contributed by atoms with Crippen LogP contribution in [-0.2, 0) is 0 Å². The van der Waals surface area contributed by atoms with Gasteiger partial charge in [-0.2, -0.15) is 0 Å². The Labute approximate surface area is 127 Å². The molecule has 0 aliphatic carbocycles. The monoisotopic (exact) mass is 294 g/mol. The zero-order valence-electron chi connectivity index (χ0n) is 13.3. The van der Waals surface area contributed by atoms with E-state index in [4.69, 9.17) is 5.73 Å². The van der Waals surface area contributed by atoms with Gasteiger partial charge in [0.05, 0.1) is 0 Å². The number of nitrogens with two attached hydrogens (primary N) is 1. The number of benzene rings is 1. The molecule has 0 aliphatic rings. The molecule has 0 saturated heterocycles. The second-order valence-corrected chi connectivity index (χ2v) is 6.02. The lowest BCUT2D eigenvalue weighted by atomic mass is 10.0. The molecule has 0 fully saturated rings. The third-order valence-corrected chi connectivity index (χ3v) is 3.64. The normalized spacial score (nSPS) is 10.9. The Morgan fingerprint density at radius 1 is 1.24 bits per heavy atom. The zero-order chi connectivity index (χ0) is 15.8. The van der Waals surface area contributed by atoms with Crippen LogP contribution in [0.1, 0.15) is 61.9 Å². The summed E-state index contributed by atoms with van der Waals surface area (Å²) in [6.07, 6.45) is 5.75. The maximum absolute atomic E-state index is 13.5. The van der Waals surface area contributed by atoms with E-state index in [-0.39, 0.29) is 11.5 Å². The van der Waals surface area contributed by atoms with Gasteiger partial charge < -0.3 is 11.1 Å². The van der Waals surface area contributed by atoms with Crippen LogP contribution >= 0.6 is 0 Å². The Morgan fingerprint density at radius 3 is 2.52 bits per heavy atom. The van der Waals surface area contributed by atoms with Gasteiger partial charge in [0.25, 0.3) is 5.91 Å². The molecule has 1 aromatic carbocycles. The first kappa shape index (κ1) is 17.5. The van der Waals surface area contributed by atoms with Crippen LogP contribution in [0.5, 0.6) is 0 Å². The first-order chi connectivity index (χ1) is 9.91. The van der Waals surface area contributed by atoms with E-state index >= 15 is 0 Å². The Hall–Kier alpha value is -1.58. The number of hydrogen-bond donors (Lipinski definition) is 2. The van der Waals surface area contributed by atoms with E-state index in [9.17, 15) is 9.18 Å². The van der Waals surface area contributed by atoms with Crippen molar-refractivity contribution in [3.05, 3.63) is 29.1 Å². The van der Waals surface area contributed by atoms with Crippen molar-refractivity contribution in [2.75, 3.05) is 12.3 Å². The van der Waals surface area contributed by atoms with Crippen molar-refractivity contribution in [2.24, 2.45) is 5.92 Å². The van der Waals surface area contributed by atoms with E-state index in [2.05, 4.69) is 19.2 Å². The fourth-order valence-corrected chi connectivity index (χ4v) is 2.17. The van der Waals surface area contributed by atoms with Crippen molar-refractivity contribution in [3.63, 3.8) is 0 Å². The fourth-order valence-electron chi connectivity index (χ4n) is 2.17. The number of carbonyl (C=O) groups excluding carboxylic acids is 1. The van der Waals surface area contributed by atoms with Crippen LogP contribution in [0.3, 0.4) is 0 Å². The summed E-state index contributed by atoms with van der Waals surface area (Å²) in [5, 5.41) is 2.81. The molecule has 0 radical (unpaired) electrons. The number of nitrogens with one attached hydrogen (secondary N) is 1. The van der Waals surface area contributed by atoms with E-state index in [1.165, 1.54) is 31.4 Å². The quantitative estimate of drug-likeness (QED) is 0.561. The SMILES string of the molecule is Cc1c(N)cc(C(=O)NCCCCCCC(C)C)cc1F. The topological polar surface area (TPSA) is 55.1 Å². The van der Waals surface area contributed by atoms with Gasteiger partial charge in [-0.05, 0) is 31.4 Å². The Kier molecular flexibility index (Phi) is 7.20. The van der Waals surface area contributed by atoms with Gasteiger partial charge in [-0.3, -0.25) is 4.79 Å². The number of halogens is 1. The van der Waals surface area contributed by atoms with Gasteiger partial charge in [0.2, 0.25) is 0 Å². The number of unbranched alkanes of at least 4 members (excludes halogenated alkanes) is 3. The average Bonchev–Trinajstić information content (AvgIpc) is 2.42. The minimum Gasteiger partial charge on any atom is -0.398 e. The van der Waals surface area contributed by atoms with E-state index in [1.807, 2.05) is 0 Å². The van der Waals surface area contributed by atoms with Crippen LogP contribution in [0.25, 0.3) is 0 Å². The van der Waals surface area contributed by atoms with Crippen LogP contribution in [0.15, 0.2) is 12.1 Å². The molecule has 0 aliphatic heterocycles. The predicted molar refractivity (Wildman–Crippen MR) is 85.8 cm³/mol. The molecule has 4 heteroatoms. The summed E-state index contributed by atoms with van der Waals surface area (Å²) in [6, 6.07) is 2.76. The fraction of sp³-hybridized carbons (Fsp3) is 0.588. The number of carbonyl (C=O) groups is 1. The Bertz CT molecular complexity index is 449. The summed E-state index contributed by atoms with van der Waals surface area (Å²) in [6.45, 7) is 6.68. The van der Waals surface area contributed by atoms with Crippen LogP contribution < -0.4 is 11.1 Å². The highest BCUT2D eigenvalue weighted by Crippen LogP contribution is 2.17. The molecule has 0 unspecified atom stereocenters. The lowest BCUT2D eigenvalue weighted by Gasteiger charge is -2.08. The van der Waals surface area contributed by atoms with E-state index in [0.717, 1.165) is 18.8 Å². The maximum atomic E-state index is 13.5. The zero-order valence-corrected chi connectivity index (χ0v) is 13.3. The molecule has 21 heavy (non-hydrogen) atoms. The minimum atomic E-state index is -0.436. The lowest BCUT2D eigenvalue weighted by Crippen LogP contribution is -2.24. The minimum absolute atomic E-state index is 0.261. The van der Waals surface area contributed by atoms with Gasteiger partial charge in [0.15, 0.2) is 0 Å². The van der Waals surface area contributed by atoms with Crippen molar-refractivity contribution in [1.29, 1.82) is 0 Å². The van der Waals surface area contributed by atoms with Crippen LogP contribution in [0.2, 0.25) is 0 Å². The second-order valence-electron chi connectivity index (χ2n) is 6.02. The molecule has 1 aromatic rings. The highest BCUT2D eigenvalue weighted by molar-refractivity contribution is 5.95. The van der Waals surface area contributed by atoms with Crippen LogP contribution in [0.4, 0.5) is 10.1 Å². The van der Waals surface area contributed by atoms with E-state index in [1.54, 1.807) is 6.92 Å². The van der Waals surface area contributed by atoms with Gasteiger partial charge in [-0.25, -0.2) is 4.39 Å². The number of rotatable bonds is 8. The van der Waals surface area contributed by atoms with Crippen molar-refractivity contribution < 1.29 is 9.18 Å². The summed E-state index contributed by atoms with van der Waals surface area (Å²) in [4.78, 5) is 11.9. The molecule has 0 saturated carbocycles. The number of amides is 1. The highest BCUT2D eigenvalue weighted by Gasteiger charge is 2.10. The summed E-state index contributed by atoms with van der Waals surface area (Å²) >= 11 is 0. The summed E-state index contributed by atoms with van der Waals surface area (Å²) in [7, 11) is 0. The number of hydrogen-bond acceptors (Lipinski definition) is 2. The third-order valence-electron chi connectivity index (χ3n) is 3.64. The van der Waals surface area contributed by atoms with Crippen LogP contribution in [-0.4, -0.2) is 12.5 Å². The molecule has 1 rings (SSSR count).